The standard InChI is InChI=1S/C16H20N4S/c1-11-5-6-14(19-12(11)9-17)18-8-7-15-20-13(10-21-15)16(2,3)4/h5-6,10H,7-8H2,1-4H3,(H,18,19). The molecule has 2 aromatic rings. The Morgan fingerprint density at radius 3 is 2.67 bits per heavy atom. The fraction of sp³-hybridized carbons (Fsp3) is 0.438. The Hall–Kier alpha value is -1.93. The Balaban J connectivity index is 1.93. The van der Waals surface area contributed by atoms with Gasteiger partial charge in [0.15, 0.2) is 0 Å². The van der Waals surface area contributed by atoms with Gasteiger partial charge in [-0.1, -0.05) is 26.8 Å². The highest BCUT2D eigenvalue weighted by molar-refractivity contribution is 7.09. The van der Waals surface area contributed by atoms with Crippen LogP contribution in [0.15, 0.2) is 17.5 Å². The van der Waals surface area contributed by atoms with E-state index in [4.69, 9.17) is 5.26 Å². The molecule has 110 valence electrons. The molecule has 0 radical (unpaired) electrons. The Labute approximate surface area is 129 Å². The third-order valence-corrected chi connectivity index (χ3v) is 4.08. The predicted molar refractivity (Wildman–Crippen MR) is 86.7 cm³/mol. The maximum atomic E-state index is 8.98. The molecule has 0 saturated heterocycles. The molecule has 5 heteroatoms. The lowest BCUT2D eigenvalue weighted by Crippen LogP contribution is -2.12. The number of nitrogens with one attached hydrogen (secondary N) is 1. The first kappa shape index (κ1) is 15.5. The van der Waals surface area contributed by atoms with E-state index in [0.717, 1.165) is 35.0 Å². The van der Waals surface area contributed by atoms with Gasteiger partial charge in [0.2, 0.25) is 0 Å². The number of nitrogens with zero attached hydrogens (tertiary/aromatic N) is 3. The molecular weight excluding hydrogens is 280 g/mol. The molecule has 0 atom stereocenters. The second-order valence-electron chi connectivity index (χ2n) is 6.03. The number of aryl methyl sites for hydroxylation is 1. The molecule has 2 rings (SSSR count). The monoisotopic (exact) mass is 300 g/mol. The zero-order valence-corrected chi connectivity index (χ0v) is 13.7. The van der Waals surface area contributed by atoms with E-state index in [1.165, 1.54) is 0 Å². The molecule has 0 aliphatic carbocycles. The zero-order chi connectivity index (χ0) is 15.5. The molecule has 21 heavy (non-hydrogen) atoms. The van der Waals surface area contributed by atoms with E-state index in [1.807, 2.05) is 19.1 Å². The maximum absolute atomic E-state index is 8.98. The molecule has 0 aliphatic rings. The van der Waals surface area contributed by atoms with Gasteiger partial charge in [0, 0.05) is 23.8 Å². The Bertz CT molecular complexity index is 662. The van der Waals surface area contributed by atoms with E-state index < -0.39 is 0 Å². The molecule has 0 spiro atoms. The fourth-order valence-electron chi connectivity index (χ4n) is 1.81. The van der Waals surface area contributed by atoms with Crippen LogP contribution in [0.5, 0.6) is 0 Å². The SMILES string of the molecule is Cc1ccc(NCCc2nc(C(C)(C)C)cs2)nc1C#N. The molecule has 0 unspecified atom stereocenters. The van der Waals surface area contributed by atoms with Crippen LogP contribution in [0.1, 0.15) is 42.7 Å². The predicted octanol–water partition coefficient (Wildman–Crippen LogP) is 3.67. The number of nitriles is 1. The van der Waals surface area contributed by atoms with Crippen molar-refractivity contribution in [1.82, 2.24) is 9.97 Å². The van der Waals surface area contributed by atoms with Gasteiger partial charge in [0.1, 0.15) is 17.6 Å². The van der Waals surface area contributed by atoms with Crippen LogP contribution in [0.3, 0.4) is 0 Å². The zero-order valence-electron chi connectivity index (χ0n) is 12.9. The van der Waals surface area contributed by atoms with Crippen LogP contribution in [0, 0.1) is 18.3 Å². The van der Waals surface area contributed by atoms with E-state index in [0.29, 0.717) is 5.69 Å². The summed E-state index contributed by atoms with van der Waals surface area (Å²) < 4.78 is 0. The number of aromatic nitrogens is 2. The summed E-state index contributed by atoms with van der Waals surface area (Å²) in [5.41, 5.74) is 2.62. The average molecular weight is 300 g/mol. The third kappa shape index (κ3) is 4.02. The molecule has 2 heterocycles. The molecule has 0 bridgehead atoms. The van der Waals surface area contributed by atoms with Crippen molar-refractivity contribution in [2.75, 3.05) is 11.9 Å². The molecule has 1 N–H and O–H groups in total. The number of anilines is 1. The van der Waals surface area contributed by atoms with Gasteiger partial charge in [-0.3, -0.25) is 0 Å². The van der Waals surface area contributed by atoms with Crippen molar-refractivity contribution in [3.8, 4) is 6.07 Å². The van der Waals surface area contributed by atoms with Crippen molar-refractivity contribution >= 4 is 17.2 Å². The van der Waals surface area contributed by atoms with Crippen molar-refractivity contribution in [1.29, 1.82) is 5.26 Å². The third-order valence-electron chi connectivity index (χ3n) is 3.17. The van der Waals surface area contributed by atoms with Crippen LogP contribution in [-0.2, 0) is 11.8 Å². The lowest BCUT2D eigenvalue weighted by molar-refractivity contribution is 0.571. The Morgan fingerprint density at radius 1 is 1.29 bits per heavy atom. The number of pyridine rings is 1. The summed E-state index contributed by atoms with van der Waals surface area (Å²) in [6.07, 6.45) is 0.859. The van der Waals surface area contributed by atoms with Crippen molar-refractivity contribution in [2.24, 2.45) is 0 Å². The minimum atomic E-state index is 0.0996. The summed E-state index contributed by atoms with van der Waals surface area (Å²) in [6.45, 7) is 9.16. The van der Waals surface area contributed by atoms with Gasteiger partial charge < -0.3 is 5.32 Å². The highest BCUT2D eigenvalue weighted by Crippen LogP contribution is 2.24. The maximum Gasteiger partial charge on any atom is 0.145 e. The smallest absolute Gasteiger partial charge is 0.145 e. The van der Waals surface area contributed by atoms with E-state index in [1.54, 1.807) is 11.3 Å². The summed E-state index contributed by atoms with van der Waals surface area (Å²) >= 11 is 1.70. The van der Waals surface area contributed by atoms with Crippen LogP contribution < -0.4 is 5.32 Å². The fourth-order valence-corrected chi connectivity index (χ4v) is 2.83. The van der Waals surface area contributed by atoms with Gasteiger partial charge in [0.25, 0.3) is 0 Å². The minimum Gasteiger partial charge on any atom is -0.370 e. The lowest BCUT2D eigenvalue weighted by atomic mass is 9.93. The quantitative estimate of drug-likeness (QED) is 0.936. The number of rotatable bonds is 4. The van der Waals surface area contributed by atoms with Crippen molar-refractivity contribution < 1.29 is 0 Å². The second kappa shape index (κ2) is 6.23. The van der Waals surface area contributed by atoms with E-state index in [9.17, 15) is 0 Å². The summed E-state index contributed by atoms with van der Waals surface area (Å²) in [7, 11) is 0. The average Bonchev–Trinajstić information content (AvgIpc) is 2.89. The van der Waals surface area contributed by atoms with Crippen LogP contribution in [-0.4, -0.2) is 16.5 Å². The van der Waals surface area contributed by atoms with Crippen molar-refractivity contribution in [3.05, 3.63) is 39.5 Å². The highest BCUT2D eigenvalue weighted by atomic mass is 32.1. The van der Waals surface area contributed by atoms with E-state index in [2.05, 4.69) is 47.5 Å². The van der Waals surface area contributed by atoms with E-state index in [-0.39, 0.29) is 5.41 Å². The topological polar surface area (TPSA) is 61.6 Å². The Morgan fingerprint density at radius 2 is 2.05 bits per heavy atom. The molecule has 0 aliphatic heterocycles. The van der Waals surface area contributed by atoms with Gasteiger partial charge in [0.05, 0.1) is 10.7 Å². The van der Waals surface area contributed by atoms with Gasteiger partial charge in [-0.05, 0) is 18.6 Å². The highest BCUT2D eigenvalue weighted by Gasteiger charge is 2.17. The summed E-state index contributed by atoms with van der Waals surface area (Å²) in [5.74, 6) is 0.741. The normalized spacial score (nSPS) is 11.2. The van der Waals surface area contributed by atoms with Crippen LogP contribution in [0.25, 0.3) is 0 Å². The first-order chi connectivity index (χ1) is 9.90. The molecule has 0 saturated carbocycles. The van der Waals surface area contributed by atoms with Gasteiger partial charge in [-0.15, -0.1) is 11.3 Å². The second-order valence-corrected chi connectivity index (χ2v) is 6.97. The summed E-state index contributed by atoms with van der Waals surface area (Å²) in [4.78, 5) is 8.94. The van der Waals surface area contributed by atoms with Crippen LogP contribution >= 0.6 is 11.3 Å². The van der Waals surface area contributed by atoms with Gasteiger partial charge in [-0.25, -0.2) is 9.97 Å². The first-order valence-electron chi connectivity index (χ1n) is 6.96. The minimum absolute atomic E-state index is 0.0996. The van der Waals surface area contributed by atoms with Crippen molar-refractivity contribution in [3.63, 3.8) is 0 Å². The van der Waals surface area contributed by atoms with Gasteiger partial charge >= 0.3 is 0 Å². The molecular formula is C16H20N4S. The van der Waals surface area contributed by atoms with E-state index >= 15 is 0 Å². The molecule has 4 nitrogen and oxygen atoms in total. The summed E-state index contributed by atoms with van der Waals surface area (Å²) in [5, 5.41) is 15.5. The van der Waals surface area contributed by atoms with Gasteiger partial charge in [-0.2, -0.15) is 5.26 Å². The van der Waals surface area contributed by atoms with Crippen LogP contribution in [0.2, 0.25) is 0 Å². The number of thiazole rings is 1. The number of hydrogen-bond donors (Lipinski definition) is 1. The molecule has 0 aromatic carbocycles. The molecule has 2 aromatic heterocycles. The first-order valence-corrected chi connectivity index (χ1v) is 7.84. The molecule has 0 fully saturated rings. The number of hydrogen-bond acceptors (Lipinski definition) is 5. The lowest BCUT2D eigenvalue weighted by Gasteiger charge is -2.14. The van der Waals surface area contributed by atoms with Crippen LogP contribution in [0.4, 0.5) is 5.82 Å². The summed E-state index contributed by atoms with van der Waals surface area (Å²) in [6, 6.07) is 5.92. The Kier molecular flexibility index (Phi) is 4.59. The van der Waals surface area contributed by atoms with Crippen molar-refractivity contribution in [2.45, 2.75) is 39.5 Å². The molecule has 0 amide bonds. The largest absolute Gasteiger partial charge is 0.370 e.